The number of carbonyl (C=O) groups excluding carboxylic acids is 2. The van der Waals surface area contributed by atoms with Crippen LogP contribution in [0.5, 0.6) is 0 Å². The molecule has 0 spiro atoms. The first-order valence-electron chi connectivity index (χ1n) is 9.63. The third-order valence-electron chi connectivity index (χ3n) is 6.43. The third kappa shape index (κ3) is 3.25. The minimum atomic E-state index is -0.825. The molecule has 0 heterocycles. The first-order chi connectivity index (χ1) is 12.4. The van der Waals surface area contributed by atoms with Crippen LogP contribution in [0.3, 0.4) is 0 Å². The average molecular weight is 357 g/mol. The van der Waals surface area contributed by atoms with E-state index in [-0.39, 0.29) is 11.9 Å². The van der Waals surface area contributed by atoms with Gasteiger partial charge in [-0.15, -0.1) is 0 Å². The minimum absolute atomic E-state index is 0.286. The van der Waals surface area contributed by atoms with Gasteiger partial charge in [0.1, 0.15) is 0 Å². The molecule has 4 saturated carbocycles. The molecule has 5 rings (SSSR count). The van der Waals surface area contributed by atoms with Gasteiger partial charge >= 0.3 is 5.97 Å². The maximum Gasteiger partial charge on any atom is 0.312 e. The number of rotatable bonds is 5. The van der Waals surface area contributed by atoms with Crippen LogP contribution in [0.2, 0.25) is 0 Å². The van der Waals surface area contributed by atoms with E-state index in [0.29, 0.717) is 24.8 Å². The first kappa shape index (κ1) is 17.5. The van der Waals surface area contributed by atoms with Crippen molar-refractivity contribution >= 4 is 11.9 Å². The Morgan fingerprint density at radius 1 is 1.19 bits per heavy atom. The fourth-order valence-corrected chi connectivity index (χ4v) is 5.72. The van der Waals surface area contributed by atoms with Crippen molar-refractivity contribution in [2.24, 2.45) is 17.3 Å². The van der Waals surface area contributed by atoms with Gasteiger partial charge in [0.05, 0.1) is 11.0 Å². The second-order valence-corrected chi connectivity index (χ2v) is 8.72. The molecule has 1 aromatic rings. The van der Waals surface area contributed by atoms with Gasteiger partial charge in [-0.25, -0.2) is 0 Å². The molecule has 2 unspecified atom stereocenters. The van der Waals surface area contributed by atoms with Gasteiger partial charge < -0.3 is 15.2 Å². The largest absolute Gasteiger partial charge is 0.452 e. The molecule has 4 aliphatic rings. The van der Waals surface area contributed by atoms with Gasteiger partial charge in [-0.05, 0) is 62.8 Å². The molecule has 1 aromatic carbocycles. The molecular formula is C21H27NO4. The number of hydrogen-bond acceptors (Lipinski definition) is 4. The summed E-state index contributed by atoms with van der Waals surface area (Å²) in [5, 5.41) is 13.6. The van der Waals surface area contributed by atoms with E-state index in [1.54, 1.807) is 6.92 Å². The summed E-state index contributed by atoms with van der Waals surface area (Å²) in [4.78, 5) is 25.2. The highest BCUT2D eigenvalue weighted by Gasteiger charge is 2.61. The Bertz CT molecular complexity index is 687. The Hall–Kier alpha value is -1.88. The van der Waals surface area contributed by atoms with Crippen LogP contribution >= 0.6 is 0 Å². The van der Waals surface area contributed by atoms with Crippen LogP contribution in [0.1, 0.15) is 51.0 Å². The zero-order valence-corrected chi connectivity index (χ0v) is 15.2. The van der Waals surface area contributed by atoms with Gasteiger partial charge in [-0.1, -0.05) is 30.3 Å². The van der Waals surface area contributed by atoms with Crippen molar-refractivity contribution in [2.45, 2.75) is 63.7 Å². The topological polar surface area (TPSA) is 75.6 Å². The standard InChI is InChI=1S/C21H27NO4/c1-14(18(23)22-12-15-5-3-2-4-6-15)26-19(24)20-8-16-7-17(9-20)11-21(25,10-16)13-20/h2-6,14,16-17,25H,7-13H2,1H3,(H,22,23)/t14-,16-,17+,20?,21?/m0/s1. The van der Waals surface area contributed by atoms with Crippen molar-refractivity contribution in [3.8, 4) is 0 Å². The maximum atomic E-state index is 12.9. The number of amides is 1. The highest BCUT2D eigenvalue weighted by Crippen LogP contribution is 2.62. The number of esters is 1. The molecule has 0 aliphatic heterocycles. The fourth-order valence-electron chi connectivity index (χ4n) is 5.72. The van der Waals surface area contributed by atoms with Crippen LogP contribution in [0.4, 0.5) is 0 Å². The van der Waals surface area contributed by atoms with E-state index in [9.17, 15) is 14.7 Å². The smallest absolute Gasteiger partial charge is 0.312 e. The van der Waals surface area contributed by atoms with E-state index >= 15 is 0 Å². The number of carbonyl (C=O) groups is 2. The average Bonchev–Trinajstić information content (AvgIpc) is 2.58. The van der Waals surface area contributed by atoms with Gasteiger partial charge in [0.25, 0.3) is 5.91 Å². The fraction of sp³-hybridized carbons (Fsp3) is 0.619. The molecule has 4 bridgehead atoms. The molecule has 140 valence electrons. The van der Waals surface area contributed by atoms with E-state index < -0.39 is 17.1 Å². The van der Waals surface area contributed by atoms with Crippen LogP contribution in [0.25, 0.3) is 0 Å². The normalized spacial score (nSPS) is 35.8. The van der Waals surface area contributed by atoms with Crippen molar-refractivity contribution in [1.29, 1.82) is 0 Å². The predicted molar refractivity (Wildman–Crippen MR) is 95.9 cm³/mol. The maximum absolute atomic E-state index is 12.9. The van der Waals surface area contributed by atoms with E-state index in [0.717, 1.165) is 37.7 Å². The van der Waals surface area contributed by atoms with Gasteiger partial charge in [0.15, 0.2) is 6.10 Å². The molecule has 5 heteroatoms. The quantitative estimate of drug-likeness (QED) is 0.794. The molecule has 2 N–H and O–H groups in total. The van der Waals surface area contributed by atoms with Crippen LogP contribution in [-0.4, -0.2) is 28.7 Å². The second kappa shape index (κ2) is 6.38. The Labute approximate surface area is 154 Å². The highest BCUT2D eigenvalue weighted by atomic mass is 16.5. The lowest BCUT2D eigenvalue weighted by Crippen LogP contribution is -2.59. The number of ether oxygens (including phenoxy) is 1. The molecule has 5 atom stereocenters. The Morgan fingerprint density at radius 2 is 1.85 bits per heavy atom. The van der Waals surface area contributed by atoms with Crippen molar-refractivity contribution < 1.29 is 19.4 Å². The lowest BCUT2D eigenvalue weighted by atomic mass is 9.48. The van der Waals surface area contributed by atoms with Gasteiger partial charge in [-0.2, -0.15) is 0 Å². The number of benzene rings is 1. The molecule has 26 heavy (non-hydrogen) atoms. The summed E-state index contributed by atoms with van der Waals surface area (Å²) >= 11 is 0. The molecule has 5 nitrogen and oxygen atoms in total. The van der Waals surface area contributed by atoms with Gasteiger partial charge in [0, 0.05) is 6.54 Å². The number of hydrogen-bond donors (Lipinski definition) is 2. The second-order valence-electron chi connectivity index (χ2n) is 8.72. The zero-order chi connectivity index (χ0) is 18.4. The predicted octanol–water partition coefficient (Wildman–Crippen LogP) is 2.57. The van der Waals surface area contributed by atoms with Crippen molar-refractivity contribution in [3.63, 3.8) is 0 Å². The summed E-state index contributed by atoms with van der Waals surface area (Å²) in [6.07, 6.45) is 3.99. The lowest BCUT2D eigenvalue weighted by molar-refractivity contribution is -0.200. The summed E-state index contributed by atoms with van der Waals surface area (Å²) in [5.41, 5.74) is -0.294. The van der Waals surface area contributed by atoms with E-state index in [1.165, 1.54) is 0 Å². The summed E-state index contributed by atoms with van der Waals surface area (Å²) in [6.45, 7) is 2.03. The monoisotopic (exact) mass is 357 g/mol. The van der Waals surface area contributed by atoms with Crippen LogP contribution in [0, 0.1) is 17.3 Å². The van der Waals surface area contributed by atoms with E-state index in [4.69, 9.17) is 4.74 Å². The summed E-state index contributed by atoms with van der Waals surface area (Å²) in [7, 11) is 0. The summed E-state index contributed by atoms with van der Waals surface area (Å²) in [6, 6.07) is 9.64. The van der Waals surface area contributed by atoms with Crippen molar-refractivity contribution in [1.82, 2.24) is 5.32 Å². The third-order valence-corrected chi connectivity index (χ3v) is 6.43. The minimum Gasteiger partial charge on any atom is -0.452 e. The highest BCUT2D eigenvalue weighted by molar-refractivity contribution is 5.85. The number of aliphatic hydroxyl groups is 1. The van der Waals surface area contributed by atoms with Crippen molar-refractivity contribution in [3.05, 3.63) is 35.9 Å². The summed E-state index contributed by atoms with van der Waals surface area (Å²) in [5.74, 6) is 0.241. The number of nitrogens with one attached hydrogen (secondary N) is 1. The molecule has 4 fully saturated rings. The molecule has 0 aromatic heterocycles. The van der Waals surface area contributed by atoms with Crippen molar-refractivity contribution in [2.75, 3.05) is 0 Å². The Morgan fingerprint density at radius 3 is 2.46 bits per heavy atom. The van der Waals surface area contributed by atoms with E-state index in [1.807, 2.05) is 30.3 Å². The molecule has 0 saturated heterocycles. The van der Waals surface area contributed by atoms with E-state index in [2.05, 4.69) is 5.32 Å². The van der Waals surface area contributed by atoms with Crippen LogP contribution < -0.4 is 5.32 Å². The first-order valence-corrected chi connectivity index (χ1v) is 9.63. The summed E-state index contributed by atoms with van der Waals surface area (Å²) < 4.78 is 5.57. The lowest BCUT2D eigenvalue weighted by Gasteiger charge is -2.58. The zero-order valence-electron chi connectivity index (χ0n) is 15.2. The Balaban J connectivity index is 1.36. The molecule has 4 aliphatic carbocycles. The van der Waals surface area contributed by atoms with Gasteiger partial charge in [-0.3, -0.25) is 9.59 Å². The van der Waals surface area contributed by atoms with Crippen LogP contribution in [0.15, 0.2) is 30.3 Å². The Kier molecular flexibility index (Phi) is 4.30. The molecule has 0 radical (unpaired) electrons. The molecular weight excluding hydrogens is 330 g/mol. The molecule has 1 amide bonds. The SMILES string of the molecule is C[C@H](OC(=O)C12C[C@@H]3C[C@@H](CC(O)(C3)C1)C2)C(=O)NCc1ccccc1. The van der Waals surface area contributed by atoms with Crippen LogP contribution in [-0.2, 0) is 20.9 Å². The van der Waals surface area contributed by atoms with Gasteiger partial charge in [0.2, 0.25) is 0 Å².